The predicted molar refractivity (Wildman–Crippen MR) is 112 cm³/mol. The Balaban J connectivity index is 1.72. The van der Waals surface area contributed by atoms with Crippen LogP contribution in [0.3, 0.4) is 0 Å². The molecule has 0 atom stereocenters. The van der Waals surface area contributed by atoms with Crippen LogP contribution in [0.1, 0.15) is 28.8 Å². The number of carbonyl (C=O) groups is 1. The lowest BCUT2D eigenvalue weighted by molar-refractivity contribution is 0.0950. The molecule has 0 aromatic heterocycles. The van der Waals surface area contributed by atoms with Gasteiger partial charge in [-0.2, -0.15) is 0 Å². The normalized spacial score (nSPS) is 13.6. The van der Waals surface area contributed by atoms with Crippen LogP contribution in [0, 0.1) is 5.92 Å². The number of hydrogen-bond donors (Lipinski definition) is 2. The molecule has 2 N–H and O–H groups in total. The van der Waals surface area contributed by atoms with Crippen LogP contribution >= 0.6 is 0 Å². The Morgan fingerprint density at radius 2 is 1.67 bits per heavy atom. The zero-order chi connectivity index (χ0) is 21.7. The number of rotatable bonds is 10. The molecule has 1 amide bonds. The van der Waals surface area contributed by atoms with E-state index in [0.717, 1.165) is 12.8 Å². The molecule has 2 aromatic rings. The van der Waals surface area contributed by atoms with Gasteiger partial charge < -0.3 is 19.5 Å². The van der Waals surface area contributed by atoms with Crippen molar-refractivity contribution in [1.82, 2.24) is 10.0 Å². The van der Waals surface area contributed by atoms with E-state index in [0.29, 0.717) is 35.3 Å². The Morgan fingerprint density at radius 1 is 1.00 bits per heavy atom. The summed E-state index contributed by atoms with van der Waals surface area (Å²) in [5.74, 6) is 1.58. The van der Waals surface area contributed by atoms with Gasteiger partial charge in [-0.25, -0.2) is 13.1 Å². The lowest BCUT2D eigenvalue weighted by Gasteiger charge is -2.15. The number of sulfonamides is 1. The maximum Gasteiger partial charge on any atom is 0.251 e. The quantitative estimate of drug-likeness (QED) is 0.595. The molecule has 0 saturated heterocycles. The first-order valence-corrected chi connectivity index (χ1v) is 11.0. The fourth-order valence-corrected chi connectivity index (χ4v) is 4.11. The van der Waals surface area contributed by atoms with Crippen LogP contribution in [0.25, 0.3) is 0 Å². The van der Waals surface area contributed by atoms with Gasteiger partial charge >= 0.3 is 0 Å². The van der Waals surface area contributed by atoms with Crippen molar-refractivity contribution >= 4 is 15.9 Å². The Kier molecular flexibility index (Phi) is 6.84. The van der Waals surface area contributed by atoms with Gasteiger partial charge in [-0.3, -0.25) is 4.79 Å². The van der Waals surface area contributed by atoms with E-state index in [1.54, 1.807) is 24.3 Å². The highest BCUT2D eigenvalue weighted by Gasteiger charge is 2.24. The Labute approximate surface area is 176 Å². The van der Waals surface area contributed by atoms with Crippen LogP contribution in [-0.2, 0) is 16.6 Å². The molecule has 0 heterocycles. The zero-order valence-corrected chi connectivity index (χ0v) is 18.0. The fourth-order valence-electron chi connectivity index (χ4n) is 2.95. The fraction of sp³-hybridized carbons (Fsp3) is 0.381. The van der Waals surface area contributed by atoms with E-state index in [2.05, 4.69) is 10.0 Å². The molecule has 1 fully saturated rings. The van der Waals surface area contributed by atoms with E-state index in [9.17, 15) is 13.2 Å². The number of hydrogen-bond acceptors (Lipinski definition) is 6. The molecule has 30 heavy (non-hydrogen) atoms. The number of methoxy groups -OCH3 is 3. The van der Waals surface area contributed by atoms with Crippen LogP contribution in [-0.4, -0.2) is 42.2 Å². The molecule has 0 radical (unpaired) electrons. The van der Waals surface area contributed by atoms with Gasteiger partial charge in [-0.15, -0.1) is 0 Å². The molecule has 0 unspecified atom stereocenters. The molecule has 2 aromatic carbocycles. The maximum absolute atomic E-state index is 12.6. The predicted octanol–water partition coefficient (Wildman–Crippen LogP) is 2.33. The molecular formula is C21H26N2O6S. The molecule has 1 aliphatic rings. The molecule has 3 rings (SSSR count). The van der Waals surface area contributed by atoms with Crippen molar-refractivity contribution in [2.24, 2.45) is 5.92 Å². The molecule has 162 valence electrons. The van der Waals surface area contributed by atoms with E-state index in [1.165, 1.54) is 33.5 Å². The standard InChI is InChI=1S/C21H26N2O6S/c1-27-18-11-20(29-3)19(28-2)10-16(18)13-22-21(24)15-5-4-6-17(9-15)30(25,26)23-12-14-7-8-14/h4-6,9-11,14,23H,7-8,12-13H2,1-3H3,(H,22,24). The summed E-state index contributed by atoms with van der Waals surface area (Å²) in [6.45, 7) is 0.594. The second-order valence-electron chi connectivity index (χ2n) is 7.02. The van der Waals surface area contributed by atoms with Crippen molar-refractivity contribution in [3.63, 3.8) is 0 Å². The first kappa shape index (κ1) is 21.9. The average molecular weight is 435 g/mol. The van der Waals surface area contributed by atoms with Gasteiger partial charge in [0.25, 0.3) is 5.91 Å². The third-order valence-corrected chi connectivity index (χ3v) is 6.31. The minimum absolute atomic E-state index is 0.0690. The Hall–Kier alpha value is -2.78. The van der Waals surface area contributed by atoms with Crippen LogP contribution < -0.4 is 24.2 Å². The summed E-state index contributed by atoms with van der Waals surface area (Å²) in [6.07, 6.45) is 2.09. The van der Waals surface area contributed by atoms with Crippen LogP contribution in [0.5, 0.6) is 17.2 Å². The molecule has 9 heteroatoms. The topological polar surface area (TPSA) is 103 Å². The third-order valence-electron chi connectivity index (χ3n) is 4.89. The summed E-state index contributed by atoms with van der Waals surface area (Å²) in [7, 11) is 0.928. The second kappa shape index (κ2) is 9.36. The van der Waals surface area contributed by atoms with E-state index in [-0.39, 0.29) is 17.0 Å². The minimum atomic E-state index is -3.65. The highest BCUT2D eigenvalue weighted by Crippen LogP contribution is 2.34. The lowest BCUT2D eigenvalue weighted by Crippen LogP contribution is -2.27. The highest BCUT2D eigenvalue weighted by atomic mass is 32.2. The smallest absolute Gasteiger partial charge is 0.251 e. The van der Waals surface area contributed by atoms with Gasteiger partial charge in [-0.05, 0) is 43.0 Å². The Morgan fingerprint density at radius 3 is 2.30 bits per heavy atom. The van der Waals surface area contributed by atoms with Crippen LogP contribution in [0.15, 0.2) is 41.3 Å². The van der Waals surface area contributed by atoms with Crippen molar-refractivity contribution in [2.45, 2.75) is 24.3 Å². The molecule has 0 spiro atoms. The molecule has 1 saturated carbocycles. The van der Waals surface area contributed by atoms with E-state index in [4.69, 9.17) is 14.2 Å². The number of benzene rings is 2. The van der Waals surface area contributed by atoms with Crippen molar-refractivity contribution in [1.29, 1.82) is 0 Å². The average Bonchev–Trinajstić information content (AvgIpc) is 3.60. The SMILES string of the molecule is COc1cc(OC)c(OC)cc1CNC(=O)c1cccc(S(=O)(=O)NCC2CC2)c1. The second-order valence-corrected chi connectivity index (χ2v) is 8.79. The largest absolute Gasteiger partial charge is 0.496 e. The summed E-state index contributed by atoms with van der Waals surface area (Å²) < 4.78 is 43.4. The van der Waals surface area contributed by atoms with E-state index < -0.39 is 15.9 Å². The summed E-state index contributed by atoms with van der Waals surface area (Å²) in [6, 6.07) is 9.37. The number of nitrogens with one attached hydrogen (secondary N) is 2. The van der Waals surface area contributed by atoms with Gasteiger partial charge in [0.1, 0.15) is 5.75 Å². The Bertz CT molecular complexity index is 1020. The molecule has 1 aliphatic carbocycles. The van der Waals surface area contributed by atoms with Crippen molar-refractivity contribution in [3.05, 3.63) is 47.5 Å². The van der Waals surface area contributed by atoms with Crippen LogP contribution in [0.2, 0.25) is 0 Å². The van der Waals surface area contributed by atoms with Gasteiger partial charge in [-0.1, -0.05) is 6.07 Å². The summed E-state index contributed by atoms with van der Waals surface area (Å²) in [5.41, 5.74) is 0.946. The molecule has 0 aliphatic heterocycles. The maximum atomic E-state index is 12.6. The summed E-state index contributed by atoms with van der Waals surface area (Å²) in [4.78, 5) is 12.7. The summed E-state index contributed by atoms with van der Waals surface area (Å²) in [5, 5.41) is 2.79. The monoisotopic (exact) mass is 434 g/mol. The van der Waals surface area contributed by atoms with Crippen molar-refractivity contribution in [2.75, 3.05) is 27.9 Å². The van der Waals surface area contributed by atoms with E-state index >= 15 is 0 Å². The third kappa shape index (κ3) is 5.22. The summed E-state index contributed by atoms with van der Waals surface area (Å²) >= 11 is 0. The van der Waals surface area contributed by atoms with Gasteiger partial charge in [0.2, 0.25) is 10.0 Å². The van der Waals surface area contributed by atoms with Crippen molar-refractivity contribution < 1.29 is 27.4 Å². The number of ether oxygens (including phenoxy) is 3. The molecule has 0 bridgehead atoms. The lowest BCUT2D eigenvalue weighted by atomic mass is 10.1. The van der Waals surface area contributed by atoms with Gasteiger partial charge in [0, 0.05) is 30.3 Å². The minimum Gasteiger partial charge on any atom is -0.496 e. The zero-order valence-electron chi connectivity index (χ0n) is 17.2. The van der Waals surface area contributed by atoms with Gasteiger partial charge in [0.05, 0.1) is 26.2 Å². The number of carbonyl (C=O) groups excluding carboxylic acids is 1. The first-order valence-electron chi connectivity index (χ1n) is 9.54. The molecular weight excluding hydrogens is 408 g/mol. The van der Waals surface area contributed by atoms with Crippen LogP contribution in [0.4, 0.5) is 0 Å². The van der Waals surface area contributed by atoms with E-state index in [1.807, 2.05) is 0 Å². The van der Waals surface area contributed by atoms with Crippen molar-refractivity contribution in [3.8, 4) is 17.2 Å². The number of amides is 1. The first-order chi connectivity index (χ1) is 14.4. The highest BCUT2D eigenvalue weighted by molar-refractivity contribution is 7.89. The van der Waals surface area contributed by atoms with Gasteiger partial charge in [0.15, 0.2) is 11.5 Å². The molecule has 8 nitrogen and oxygen atoms in total.